The topological polar surface area (TPSA) is 67.2 Å². The van der Waals surface area contributed by atoms with E-state index in [0.717, 1.165) is 13.0 Å². The second-order valence-electron chi connectivity index (χ2n) is 1.77. The summed E-state index contributed by atoms with van der Waals surface area (Å²) >= 11 is 0. The van der Waals surface area contributed by atoms with E-state index in [2.05, 4.69) is 10.7 Å². The van der Waals surface area contributed by atoms with E-state index in [0.29, 0.717) is 6.42 Å². The molecule has 0 aromatic carbocycles. The van der Waals surface area contributed by atoms with Crippen LogP contribution < -0.4 is 16.6 Å². The van der Waals surface area contributed by atoms with Crippen LogP contribution in [0.25, 0.3) is 0 Å². The van der Waals surface area contributed by atoms with Gasteiger partial charge < -0.3 is 5.32 Å². The highest BCUT2D eigenvalue weighted by atomic mass is 16.2. The van der Waals surface area contributed by atoms with Crippen LogP contribution in [0.5, 0.6) is 0 Å². The van der Waals surface area contributed by atoms with E-state index < -0.39 is 0 Å². The fourth-order valence-corrected chi connectivity index (χ4v) is 0.498. The summed E-state index contributed by atoms with van der Waals surface area (Å²) < 4.78 is 0. The maximum Gasteiger partial charge on any atom is 0.233 e. The lowest BCUT2D eigenvalue weighted by Gasteiger charge is -1.97. The Hall–Kier alpha value is -0.610. The quantitative estimate of drug-likeness (QED) is 0.198. The number of hydrogen-bond acceptors (Lipinski definition) is 3. The van der Waals surface area contributed by atoms with Gasteiger partial charge in [-0.2, -0.15) is 0 Å². The minimum Gasteiger partial charge on any atom is -0.320 e. The third-order valence-electron chi connectivity index (χ3n) is 0.992. The third kappa shape index (κ3) is 5.26. The molecule has 0 rings (SSSR count). The highest BCUT2D eigenvalue weighted by Gasteiger charge is 1.94. The molecular formula is C5H13N3O. The molecule has 4 heteroatoms. The SMILES string of the molecule is CNCCCC(=O)NN. The first-order valence-electron chi connectivity index (χ1n) is 2.95. The van der Waals surface area contributed by atoms with Gasteiger partial charge in [-0.25, -0.2) is 5.84 Å². The summed E-state index contributed by atoms with van der Waals surface area (Å²) in [7, 11) is 1.85. The van der Waals surface area contributed by atoms with E-state index in [1.807, 2.05) is 7.05 Å². The fourth-order valence-electron chi connectivity index (χ4n) is 0.498. The van der Waals surface area contributed by atoms with Gasteiger partial charge in [0.1, 0.15) is 0 Å². The molecule has 4 N–H and O–H groups in total. The molecule has 9 heavy (non-hydrogen) atoms. The van der Waals surface area contributed by atoms with E-state index in [1.54, 1.807) is 0 Å². The molecule has 0 saturated carbocycles. The molecule has 0 aromatic rings. The zero-order valence-corrected chi connectivity index (χ0v) is 5.61. The van der Waals surface area contributed by atoms with Crippen molar-refractivity contribution in [1.82, 2.24) is 10.7 Å². The van der Waals surface area contributed by atoms with Gasteiger partial charge in [0, 0.05) is 6.42 Å². The van der Waals surface area contributed by atoms with Gasteiger partial charge in [0.15, 0.2) is 0 Å². The summed E-state index contributed by atoms with van der Waals surface area (Å²) in [5.41, 5.74) is 2.06. The molecule has 0 heterocycles. The lowest BCUT2D eigenvalue weighted by molar-refractivity contribution is -0.121. The van der Waals surface area contributed by atoms with Gasteiger partial charge in [-0.05, 0) is 20.0 Å². The van der Waals surface area contributed by atoms with Crippen molar-refractivity contribution in [2.75, 3.05) is 13.6 Å². The molecule has 0 aliphatic heterocycles. The molecule has 0 aromatic heterocycles. The van der Waals surface area contributed by atoms with E-state index in [4.69, 9.17) is 5.84 Å². The van der Waals surface area contributed by atoms with Crippen molar-refractivity contribution in [1.29, 1.82) is 0 Å². The molecule has 1 amide bonds. The molecule has 0 aliphatic carbocycles. The largest absolute Gasteiger partial charge is 0.320 e. The zero-order valence-electron chi connectivity index (χ0n) is 5.61. The standard InChI is InChI=1S/C5H13N3O/c1-7-4-2-3-5(9)8-6/h7H,2-4,6H2,1H3,(H,8,9). The first-order valence-corrected chi connectivity index (χ1v) is 2.95. The Morgan fingerprint density at radius 2 is 2.33 bits per heavy atom. The maximum atomic E-state index is 10.4. The van der Waals surface area contributed by atoms with Crippen molar-refractivity contribution in [3.8, 4) is 0 Å². The number of carbonyl (C=O) groups excluding carboxylic acids is 1. The van der Waals surface area contributed by atoms with Crippen molar-refractivity contribution >= 4 is 5.91 Å². The Labute approximate surface area is 54.8 Å². The van der Waals surface area contributed by atoms with Crippen LogP contribution in [-0.4, -0.2) is 19.5 Å². The predicted molar refractivity (Wildman–Crippen MR) is 35.5 cm³/mol. The van der Waals surface area contributed by atoms with E-state index in [1.165, 1.54) is 0 Å². The summed E-state index contributed by atoms with van der Waals surface area (Å²) in [6, 6.07) is 0. The number of amides is 1. The molecule has 0 fully saturated rings. The fraction of sp³-hybridized carbons (Fsp3) is 0.800. The second kappa shape index (κ2) is 5.53. The monoisotopic (exact) mass is 131 g/mol. The van der Waals surface area contributed by atoms with Crippen LogP contribution in [0.3, 0.4) is 0 Å². The second-order valence-corrected chi connectivity index (χ2v) is 1.77. The van der Waals surface area contributed by atoms with E-state index >= 15 is 0 Å². The minimum atomic E-state index is -0.106. The van der Waals surface area contributed by atoms with Gasteiger partial charge in [0.2, 0.25) is 5.91 Å². The third-order valence-corrected chi connectivity index (χ3v) is 0.992. The summed E-state index contributed by atoms with van der Waals surface area (Å²) in [6.07, 6.45) is 1.33. The Kier molecular flexibility index (Phi) is 5.15. The first kappa shape index (κ1) is 8.39. The predicted octanol–water partition coefficient (Wildman–Crippen LogP) is -1.02. The maximum absolute atomic E-state index is 10.4. The molecule has 0 unspecified atom stereocenters. The van der Waals surface area contributed by atoms with Crippen LogP contribution >= 0.6 is 0 Å². The Balaban J connectivity index is 2.97. The number of hydrogen-bond donors (Lipinski definition) is 3. The molecule has 0 spiro atoms. The van der Waals surface area contributed by atoms with Crippen LogP contribution in [0.2, 0.25) is 0 Å². The summed E-state index contributed by atoms with van der Waals surface area (Å²) in [6.45, 7) is 0.855. The summed E-state index contributed by atoms with van der Waals surface area (Å²) in [4.78, 5) is 10.4. The lowest BCUT2D eigenvalue weighted by Crippen LogP contribution is -2.30. The average molecular weight is 131 g/mol. The van der Waals surface area contributed by atoms with Gasteiger partial charge in [-0.3, -0.25) is 10.2 Å². The molecule has 0 aliphatic rings. The number of hydrazine groups is 1. The van der Waals surface area contributed by atoms with Gasteiger partial charge >= 0.3 is 0 Å². The van der Waals surface area contributed by atoms with Gasteiger partial charge in [-0.15, -0.1) is 0 Å². The van der Waals surface area contributed by atoms with Crippen molar-refractivity contribution in [3.05, 3.63) is 0 Å². The number of nitrogens with one attached hydrogen (secondary N) is 2. The molecule has 0 bridgehead atoms. The molecule has 0 radical (unpaired) electrons. The van der Waals surface area contributed by atoms with Crippen LogP contribution in [0.4, 0.5) is 0 Å². The van der Waals surface area contributed by atoms with Gasteiger partial charge in [0.25, 0.3) is 0 Å². The molecule has 4 nitrogen and oxygen atoms in total. The molecule has 54 valence electrons. The number of rotatable bonds is 4. The van der Waals surface area contributed by atoms with E-state index in [-0.39, 0.29) is 5.91 Å². The lowest BCUT2D eigenvalue weighted by atomic mass is 10.3. The van der Waals surface area contributed by atoms with E-state index in [9.17, 15) is 4.79 Å². The average Bonchev–Trinajstić information content (AvgIpc) is 1.89. The molecule has 0 saturated heterocycles. The van der Waals surface area contributed by atoms with Gasteiger partial charge in [-0.1, -0.05) is 0 Å². The highest BCUT2D eigenvalue weighted by molar-refractivity contribution is 5.75. The van der Waals surface area contributed by atoms with Crippen LogP contribution in [0.1, 0.15) is 12.8 Å². The van der Waals surface area contributed by atoms with Crippen LogP contribution in [0.15, 0.2) is 0 Å². The minimum absolute atomic E-state index is 0.106. The Bertz CT molecular complexity index is 84.3. The molecular weight excluding hydrogens is 118 g/mol. The van der Waals surface area contributed by atoms with Crippen LogP contribution in [-0.2, 0) is 4.79 Å². The Morgan fingerprint density at radius 3 is 2.78 bits per heavy atom. The van der Waals surface area contributed by atoms with Crippen LogP contribution in [0, 0.1) is 0 Å². The van der Waals surface area contributed by atoms with Crippen molar-refractivity contribution in [3.63, 3.8) is 0 Å². The summed E-state index contributed by atoms with van der Waals surface area (Å²) in [5.74, 6) is 4.73. The highest BCUT2D eigenvalue weighted by Crippen LogP contribution is 1.83. The van der Waals surface area contributed by atoms with Crippen molar-refractivity contribution in [2.24, 2.45) is 5.84 Å². The number of nitrogens with two attached hydrogens (primary N) is 1. The smallest absolute Gasteiger partial charge is 0.233 e. The normalized spacial score (nSPS) is 9.11. The van der Waals surface area contributed by atoms with Gasteiger partial charge in [0.05, 0.1) is 0 Å². The summed E-state index contributed by atoms with van der Waals surface area (Å²) in [5, 5.41) is 2.93. The van der Waals surface area contributed by atoms with Crippen molar-refractivity contribution in [2.45, 2.75) is 12.8 Å². The zero-order chi connectivity index (χ0) is 7.11. The Morgan fingerprint density at radius 1 is 1.67 bits per heavy atom. The van der Waals surface area contributed by atoms with Crippen molar-refractivity contribution < 1.29 is 4.79 Å². The first-order chi connectivity index (χ1) is 4.31. The number of carbonyl (C=O) groups is 1. The molecule has 0 atom stereocenters.